The number of ketones is 1. The Morgan fingerprint density at radius 2 is 1.85 bits per heavy atom. The molecule has 0 saturated heterocycles. The maximum atomic E-state index is 11.6. The van der Waals surface area contributed by atoms with E-state index in [-0.39, 0.29) is 5.78 Å². The Labute approximate surface area is 117 Å². The van der Waals surface area contributed by atoms with Crippen LogP contribution >= 0.6 is 0 Å². The third-order valence-corrected chi connectivity index (χ3v) is 3.43. The van der Waals surface area contributed by atoms with Gasteiger partial charge in [-0.3, -0.25) is 4.79 Å². The number of carbonyl (C=O) groups excluding carboxylic acids is 1. The molecular formula is C17H16N2O. The van der Waals surface area contributed by atoms with Gasteiger partial charge in [0.25, 0.3) is 0 Å². The highest BCUT2D eigenvalue weighted by atomic mass is 16.1. The van der Waals surface area contributed by atoms with Crippen molar-refractivity contribution in [2.75, 3.05) is 0 Å². The van der Waals surface area contributed by atoms with Crippen LogP contribution in [0.5, 0.6) is 0 Å². The van der Waals surface area contributed by atoms with Crippen LogP contribution in [-0.2, 0) is 12.8 Å². The van der Waals surface area contributed by atoms with E-state index in [1.54, 1.807) is 6.92 Å². The van der Waals surface area contributed by atoms with Gasteiger partial charge in [-0.15, -0.1) is 0 Å². The molecule has 0 radical (unpaired) electrons. The van der Waals surface area contributed by atoms with Crippen LogP contribution in [0.25, 0.3) is 11.0 Å². The molecule has 1 aromatic heterocycles. The SMILES string of the molecule is CC(=O)c1cccc2[nH]c(CCc3ccccc3)nc12. The molecule has 0 saturated carbocycles. The molecule has 3 nitrogen and oxygen atoms in total. The largest absolute Gasteiger partial charge is 0.342 e. The number of imidazole rings is 1. The Bertz CT molecular complexity index is 744. The van der Waals surface area contributed by atoms with Crippen molar-refractivity contribution < 1.29 is 4.79 Å². The van der Waals surface area contributed by atoms with Gasteiger partial charge in [0, 0.05) is 12.0 Å². The molecule has 0 fully saturated rings. The molecule has 1 heterocycles. The summed E-state index contributed by atoms with van der Waals surface area (Å²) >= 11 is 0. The number of para-hydroxylation sites is 1. The molecule has 1 N–H and O–H groups in total. The van der Waals surface area contributed by atoms with Crippen LogP contribution in [0.3, 0.4) is 0 Å². The average molecular weight is 264 g/mol. The number of aromatic nitrogens is 2. The molecule has 0 bridgehead atoms. The van der Waals surface area contributed by atoms with Gasteiger partial charge in [-0.1, -0.05) is 36.4 Å². The second-order valence-electron chi connectivity index (χ2n) is 4.93. The fraction of sp³-hybridized carbons (Fsp3) is 0.176. The Morgan fingerprint density at radius 3 is 2.60 bits per heavy atom. The molecule has 0 amide bonds. The van der Waals surface area contributed by atoms with Crippen molar-refractivity contribution in [2.45, 2.75) is 19.8 Å². The molecule has 20 heavy (non-hydrogen) atoms. The van der Waals surface area contributed by atoms with Crippen LogP contribution in [0, 0.1) is 0 Å². The Hall–Kier alpha value is -2.42. The van der Waals surface area contributed by atoms with Crippen molar-refractivity contribution >= 4 is 16.8 Å². The minimum Gasteiger partial charge on any atom is -0.342 e. The molecule has 0 aliphatic heterocycles. The standard InChI is InChI=1S/C17H16N2O/c1-12(20)14-8-5-9-15-17(14)19-16(18-15)11-10-13-6-3-2-4-7-13/h2-9H,10-11H2,1H3,(H,18,19). The van der Waals surface area contributed by atoms with Crippen LogP contribution < -0.4 is 0 Å². The molecular weight excluding hydrogens is 248 g/mol. The molecule has 0 atom stereocenters. The monoisotopic (exact) mass is 264 g/mol. The van der Waals surface area contributed by atoms with Gasteiger partial charge in [-0.25, -0.2) is 4.98 Å². The predicted octanol–water partition coefficient (Wildman–Crippen LogP) is 3.55. The van der Waals surface area contributed by atoms with E-state index in [0.717, 1.165) is 29.7 Å². The molecule has 3 aromatic rings. The summed E-state index contributed by atoms with van der Waals surface area (Å²) in [6.07, 6.45) is 1.78. The number of Topliss-reactive ketones (excluding diaryl/α,β-unsaturated/α-hetero) is 1. The van der Waals surface area contributed by atoms with Crippen molar-refractivity contribution in [2.24, 2.45) is 0 Å². The van der Waals surface area contributed by atoms with Gasteiger partial charge in [0.15, 0.2) is 5.78 Å². The van der Waals surface area contributed by atoms with Crippen molar-refractivity contribution in [3.8, 4) is 0 Å². The normalized spacial score (nSPS) is 10.8. The number of H-pyrrole nitrogens is 1. The highest BCUT2D eigenvalue weighted by Gasteiger charge is 2.10. The quantitative estimate of drug-likeness (QED) is 0.732. The van der Waals surface area contributed by atoms with E-state index in [9.17, 15) is 4.79 Å². The number of nitrogens with one attached hydrogen (secondary N) is 1. The maximum absolute atomic E-state index is 11.6. The van der Waals surface area contributed by atoms with Crippen molar-refractivity contribution in [3.63, 3.8) is 0 Å². The Kier molecular flexibility index (Phi) is 3.33. The summed E-state index contributed by atoms with van der Waals surface area (Å²) in [6.45, 7) is 1.58. The lowest BCUT2D eigenvalue weighted by atomic mass is 10.1. The van der Waals surface area contributed by atoms with Crippen LogP contribution in [0.1, 0.15) is 28.7 Å². The van der Waals surface area contributed by atoms with Gasteiger partial charge in [-0.2, -0.15) is 0 Å². The fourth-order valence-corrected chi connectivity index (χ4v) is 2.39. The minimum absolute atomic E-state index is 0.0525. The average Bonchev–Trinajstić information content (AvgIpc) is 2.88. The number of benzene rings is 2. The van der Waals surface area contributed by atoms with Crippen molar-refractivity contribution in [1.29, 1.82) is 0 Å². The zero-order valence-corrected chi connectivity index (χ0v) is 11.4. The first kappa shape index (κ1) is 12.6. The first-order chi connectivity index (χ1) is 9.74. The lowest BCUT2D eigenvalue weighted by Crippen LogP contribution is -1.94. The molecule has 3 heteroatoms. The summed E-state index contributed by atoms with van der Waals surface area (Å²) in [7, 11) is 0. The number of aryl methyl sites for hydroxylation is 2. The minimum atomic E-state index is 0.0525. The highest BCUT2D eigenvalue weighted by Crippen LogP contribution is 2.18. The van der Waals surface area contributed by atoms with Gasteiger partial charge in [0.05, 0.1) is 11.0 Å². The molecule has 0 aliphatic carbocycles. The van der Waals surface area contributed by atoms with Gasteiger partial charge < -0.3 is 4.98 Å². The Balaban J connectivity index is 1.86. The topological polar surface area (TPSA) is 45.8 Å². The fourth-order valence-electron chi connectivity index (χ4n) is 2.39. The predicted molar refractivity (Wildman–Crippen MR) is 79.9 cm³/mol. The number of nitrogens with zero attached hydrogens (tertiary/aromatic N) is 1. The van der Waals surface area contributed by atoms with E-state index in [2.05, 4.69) is 22.1 Å². The summed E-state index contributed by atoms with van der Waals surface area (Å²) < 4.78 is 0. The van der Waals surface area contributed by atoms with E-state index in [1.807, 2.05) is 36.4 Å². The van der Waals surface area contributed by atoms with E-state index >= 15 is 0 Å². The second-order valence-corrected chi connectivity index (χ2v) is 4.93. The summed E-state index contributed by atoms with van der Waals surface area (Å²) in [5.74, 6) is 0.981. The lowest BCUT2D eigenvalue weighted by Gasteiger charge is -1.98. The van der Waals surface area contributed by atoms with Gasteiger partial charge in [-0.05, 0) is 31.0 Å². The van der Waals surface area contributed by atoms with Crippen LogP contribution in [-0.4, -0.2) is 15.8 Å². The van der Waals surface area contributed by atoms with Crippen molar-refractivity contribution in [3.05, 3.63) is 65.5 Å². The first-order valence-electron chi connectivity index (χ1n) is 6.76. The zero-order valence-electron chi connectivity index (χ0n) is 11.4. The smallest absolute Gasteiger partial charge is 0.162 e. The van der Waals surface area contributed by atoms with Gasteiger partial charge in [0.2, 0.25) is 0 Å². The summed E-state index contributed by atoms with van der Waals surface area (Å²) in [5.41, 5.74) is 3.69. The molecule has 0 aliphatic rings. The molecule has 100 valence electrons. The van der Waals surface area contributed by atoms with E-state index in [4.69, 9.17) is 0 Å². The maximum Gasteiger partial charge on any atom is 0.162 e. The molecule has 2 aromatic carbocycles. The zero-order chi connectivity index (χ0) is 13.9. The number of fused-ring (bicyclic) bond motifs is 1. The first-order valence-corrected chi connectivity index (χ1v) is 6.76. The van der Waals surface area contributed by atoms with Crippen LogP contribution in [0.4, 0.5) is 0 Å². The van der Waals surface area contributed by atoms with Gasteiger partial charge in [0.1, 0.15) is 5.82 Å². The second kappa shape index (κ2) is 5.29. The summed E-state index contributed by atoms with van der Waals surface area (Å²) in [4.78, 5) is 19.5. The number of hydrogen-bond donors (Lipinski definition) is 1. The molecule has 0 spiro atoms. The third kappa shape index (κ3) is 2.48. The number of rotatable bonds is 4. The molecule has 0 unspecified atom stereocenters. The van der Waals surface area contributed by atoms with E-state index in [0.29, 0.717) is 5.56 Å². The van der Waals surface area contributed by atoms with Crippen LogP contribution in [0.15, 0.2) is 48.5 Å². The number of aromatic amines is 1. The third-order valence-electron chi connectivity index (χ3n) is 3.43. The highest BCUT2D eigenvalue weighted by molar-refractivity contribution is 6.04. The lowest BCUT2D eigenvalue weighted by molar-refractivity contribution is 0.101. The molecule has 3 rings (SSSR count). The summed E-state index contributed by atoms with van der Waals surface area (Å²) in [5, 5.41) is 0. The van der Waals surface area contributed by atoms with Gasteiger partial charge >= 0.3 is 0 Å². The number of hydrogen-bond acceptors (Lipinski definition) is 2. The van der Waals surface area contributed by atoms with E-state index < -0.39 is 0 Å². The Morgan fingerprint density at radius 1 is 1.05 bits per heavy atom. The van der Waals surface area contributed by atoms with E-state index in [1.165, 1.54) is 5.56 Å². The van der Waals surface area contributed by atoms with Crippen molar-refractivity contribution in [1.82, 2.24) is 9.97 Å². The van der Waals surface area contributed by atoms with Crippen LogP contribution in [0.2, 0.25) is 0 Å². The summed E-state index contributed by atoms with van der Waals surface area (Å²) in [6, 6.07) is 16.0. The number of carbonyl (C=O) groups is 1.